The van der Waals surface area contributed by atoms with E-state index in [4.69, 9.17) is 0 Å². The maximum Gasteiger partial charge on any atom is 0.138 e. The van der Waals surface area contributed by atoms with E-state index in [2.05, 4.69) is 34.3 Å². The molecule has 0 bridgehead atoms. The van der Waals surface area contributed by atoms with Crippen molar-refractivity contribution in [2.45, 2.75) is 39.3 Å². The monoisotopic (exact) mass is 262 g/mol. The predicted octanol–water partition coefficient (Wildman–Crippen LogP) is 1.31. The molecule has 0 aliphatic rings. The van der Waals surface area contributed by atoms with Crippen LogP contribution in [0, 0.1) is 0 Å². The molecule has 2 heterocycles. The maximum absolute atomic E-state index is 4.48. The molecule has 2 aromatic heterocycles. The van der Waals surface area contributed by atoms with Crippen LogP contribution < -0.4 is 5.32 Å². The zero-order chi connectivity index (χ0) is 13.7. The van der Waals surface area contributed by atoms with Gasteiger partial charge in [0.05, 0.1) is 11.7 Å². The molecule has 0 fully saturated rings. The third-order valence-corrected chi connectivity index (χ3v) is 3.06. The minimum Gasteiger partial charge on any atom is -0.308 e. The Bertz CT molecular complexity index is 501. The lowest BCUT2D eigenvalue weighted by Gasteiger charge is -2.15. The SMILES string of the molecule is CCCn1ncnc1CC(NCC)c1ccn(C)n1. The minimum absolute atomic E-state index is 0.186. The van der Waals surface area contributed by atoms with Gasteiger partial charge in [-0.3, -0.25) is 9.36 Å². The first kappa shape index (κ1) is 13.7. The Kier molecular flexibility index (Phi) is 4.68. The van der Waals surface area contributed by atoms with Crippen LogP contribution in [0.1, 0.15) is 37.8 Å². The van der Waals surface area contributed by atoms with Crippen molar-refractivity contribution in [1.82, 2.24) is 29.9 Å². The predicted molar refractivity (Wildman–Crippen MR) is 73.6 cm³/mol. The molecule has 1 unspecified atom stereocenters. The van der Waals surface area contributed by atoms with Crippen LogP contribution in [-0.2, 0) is 20.0 Å². The Morgan fingerprint density at radius 3 is 2.84 bits per heavy atom. The van der Waals surface area contributed by atoms with E-state index in [1.807, 2.05) is 28.7 Å². The summed E-state index contributed by atoms with van der Waals surface area (Å²) in [5.41, 5.74) is 1.05. The number of nitrogens with one attached hydrogen (secondary N) is 1. The van der Waals surface area contributed by atoms with Gasteiger partial charge < -0.3 is 5.32 Å². The van der Waals surface area contributed by atoms with Crippen LogP contribution in [0.4, 0.5) is 0 Å². The Labute approximate surface area is 113 Å². The molecule has 0 saturated carbocycles. The molecule has 2 aromatic rings. The number of likely N-dealkylation sites (N-methyl/N-ethyl adjacent to an activating group) is 1. The summed E-state index contributed by atoms with van der Waals surface area (Å²) in [6, 6.07) is 2.24. The van der Waals surface area contributed by atoms with Gasteiger partial charge in [-0.2, -0.15) is 10.2 Å². The van der Waals surface area contributed by atoms with Crippen molar-refractivity contribution in [3.63, 3.8) is 0 Å². The van der Waals surface area contributed by atoms with Crippen molar-refractivity contribution in [2.24, 2.45) is 7.05 Å². The van der Waals surface area contributed by atoms with E-state index in [0.29, 0.717) is 0 Å². The highest BCUT2D eigenvalue weighted by Gasteiger charge is 2.17. The van der Waals surface area contributed by atoms with Gasteiger partial charge in [-0.25, -0.2) is 4.98 Å². The summed E-state index contributed by atoms with van der Waals surface area (Å²) in [6.45, 7) is 6.07. The van der Waals surface area contributed by atoms with Crippen LogP contribution >= 0.6 is 0 Å². The van der Waals surface area contributed by atoms with Crippen molar-refractivity contribution in [2.75, 3.05) is 6.54 Å². The number of aromatic nitrogens is 5. The highest BCUT2D eigenvalue weighted by atomic mass is 15.3. The molecule has 6 heteroatoms. The number of nitrogens with zero attached hydrogens (tertiary/aromatic N) is 5. The van der Waals surface area contributed by atoms with Crippen molar-refractivity contribution in [3.8, 4) is 0 Å². The van der Waals surface area contributed by atoms with E-state index in [0.717, 1.165) is 37.4 Å². The van der Waals surface area contributed by atoms with E-state index in [1.165, 1.54) is 0 Å². The van der Waals surface area contributed by atoms with E-state index >= 15 is 0 Å². The van der Waals surface area contributed by atoms with Crippen LogP contribution in [0.25, 0.3) is 0 Å². The standard InChI is InChI=1S/C13H22N6/c1-4-7-19-13(15-10-16-19)9-12(14-5-2)11-6-8-18(3)17-11/h6,8,10,12,14H,4-5,7,9H2,1-3H3. The second-order valence-electron chi connectivity index (χ2n) is 4.63. The molecular weight excluding hydrogens is 240 g/mol. The van der Waals surface area contributed by atoms with Gasteiger partial charge in [0.1, 0.15) is 12.2 Å². The number of aryl methyl sites for hydroxylation is 2. The number of hydrogen-bond acceptors (Lipinski definition) is 4. The van der Waals surface area contributed by atoms with E-state index in [1.54, 1.807) is 6.33 Å². The molecule has 0 aliphatic heterocycles. The molecule has 0 amide bonds. The molecule has 104 valence electrons. The van der Waals surface area contributed by atoms with Crippen LogP contribution in [0.15, 0.2) is 18.6 Å². The Morgan fingerprint density at radius 1 is 1.37 bits per heavy atom. The highest BCUT2D eigenvalue weighted by molar-refractivity contribution is 5.08. The lowest BCUT2D eigenvalue weighted by molar-refractivity contribution is 0.486. The molecule has 0 saturated heterocycles. The molecule has 1 N–H and O–H groups in total. The fraction of sp³-hybridized carbons (Fsp3) is 0.615. The molecule has 6 nitrogen and oxygen atoms in total. The summed E-state index contributed by atoms with van der Waals surface area (Å²) in [4.78, 5) is 4.37. The summed E-state index contributed by atoms with van der Waals surface area (Å²) < 4.78 is 3.81. The highest BCUT2D eigenvalue weighted by Crippen LogP contribution is 2.15. The fourth-order valence-electron chi connectivity index (χ4n) is 2.17. The molecule has 0 radical (unpaired) electrons. The van der Waals surface area contributed by atoms with Gasteiger partial charge in [0.2, 0.25) is 0 Å². The topological polar surface area (TPSA) is 60.6 Å². The van der Waals surface area contributed by atoms with Gasteiger partial charge in [0, 0.05) is 26.2 Å². The summed E-state index contributed by atoms with van der Waals surface area (Å²) >= 11 is 0. The summed E-state index contributed by atoms with van der Waals surface area (Å²) in [6.07, 6.45) is 5.47. The molecule has 0 spiro atoms. The van der Waals surface area contributed by atoms with Crippen LogP contribution in [0.2, 0.25) is 0 Å². The number of hydrogen-bond donors (Lipinski definition) is 1. The van der Waals surface area contributed by atoms with Crippen LogP contribution in [-0.4, -0.2) is 31.1 Å². The minimum atomic E-state index is 0.186. The summed E-state index contributed by atoms with van der Waals surface area (Å²) in [5.74, 6) is 1.01. The van der Waals surface area contributed by atoms with Crippen molar-refractivity contribution in [1.29, 1.82) is 0 Å². The van der Waals surface area contributed by atoms with E-state index < -0.39 is 0 Å². The van der Waals surface area contributed by atoms with Crippen LogP contribution in [0.5, 0.6) is 0 Å². The van der Waals surface area contributed by atoms with Crippen molar-refractivity contribution < 1.29 is 0 Å². The van der Waals surface area contributed by atoms with Gasteiger partial charge in [-0.1, -0.05) is 13.8 Å². The zero-order valence-corrected chi connectivity index (χ0v) is 11.9. The number of rotatable bonds is 7. The van der Waals surface area contributed by atoms with Gasteiger partial charge >= 0.3 is 0 Å². The average molecular weight is 262 g/mol. The first-order valence-corrected chi connectivity index (χ1v) is 6.84. The largest absolute Gasteiger partial charge is 0.308 e. The van der Waals surface area contributed by atoms with Gasteiger partial charge in [-0.05, 0) is 19.0 Å². The lowest BCUT2D eigenvalue weighted by atomic mass is 10.1. The van der Waals surface area contributed by atoms with Gasteiger partial charge in [0.15, 0.2) is 0 Å². The Balaban J connectivity index is 2.14. The third-order valence-electron chi connectivity index (χ3n) is 3.06. The first-order chi connectivity index (χ1) is 9.24. The molecule has 0 aromatic carbocycles. The van der Waals surface area contributed by atoms with Crippen molar-refractivity contribution in [3.05, 3.63) is 30.1 Å². The fourth-order valence-corrected chi connectivity index (χ4v) is 2.17. The zero-order valence-electron chi connectivity index (χ0n) is 11.9. The second-order valence-corrected chi connectivity index (χ2v) is 4.63. The Hall–Kier alpha value is -1.69. The molecule has 1 atom stereocenters. The molecular formula is C13H22N6. The third kappa shape index (κ3) is 3.41. The average Bonchev–Trinajstić information content (AvgIpc) is 2.99. The lowest BCUT2D eigenvalue weighted by Crippen LogP contribution is -2.25. The summed E-state index contributed by atoms with van der Waals surface area (Å²) in [7, 11) is 1.94. The molecule has 0 aliphatic carbocycles. The maximum atomic E-state index is 4.48. The van der Waals surface area contributed by atoms with Gasteiger partial charge in [0.25, 0.3) is 0 Å². The van der Waals surface area contributed by atoms with E-state index in [-0.39, 0.29) is 6.04 Å². The smallest absolute Gasteiger partial charge is 0.138 e. The van der Waals surface area contributed by atoms with Gasteiger partial charge in [-0.15, -0.1) is 0 Å². The summed E-state index contributed by atoms with van der Waals surface area (Å²) in [5, 5.41) is 12.2. The quantitative estimate of drug-likeness (QED) is 0.817. The van der Waals surface area contributed by atoms with Crippen LogP contribution in [0.3, 0.4) is 0 Å². The second kappa shape index (κ2) is 6.47. The molecule has 19 heavy (non-hydrogen) atoms. The Morgan fingerprint density at radius 2 is 2.21 bits per heavy atom. The molecule has 2 rings (SSSR count). The van der Waals surface area contributed by atoms with E-state index in [9.17, 15) is 0 Å². The van der Waals surface area contributed by atoms with Crippen molar-refractivity contribution >= 4 is 0 Å². The normalized spacial score (nSPS) is 12.8. The first-order valence-electron chi connectivity index (χ1n) is 6.84.